The SMILES string of the molecule is CCCC1(O)CN(c2c(F)c(F)c(F)c(F)c2F)C1. The van der Waals surface area contributed by atoms with E-state index in [0.717, 1.165) is 4.90 Å². The van der Waals surface area contributed by atoms with E-state index in [1.54, 1.807) is 0 Å². The van der Waals surface area contributed by atoms with E-state index in [1.165, 1.54) is 0 Å². The molecule has 0 radical (unpaired) electrons. The maximum absolute atomic E-state index is 13.5. The van der Waals surface area contributed by atoms with Crippen molar-refractivity contribution in [1.29, 1.82) is 0 Å². The number of aliphatic hydroxyl groups is 1. The zero-order chi connectivity index (χ0) is 14.4. The summed E-state index contributed by atoms with van der Waals surface area (Å²) in [6, 6.07) is 0. The van der Waals surface area contributed by atoms with Crippen LogP contribution in [-0.2, 0) is 0 Å². The van der Waals surface area contributed by atoms with Crippen molar-refractivity contribution in [1.82, 2.24) is 0 Å². The number of halogens is 5. The van der Waals surface area contributed by atoms with Gasteiger partial charge in [-0.3, -0.25) is 0 Å². The molecule has 2 nitrogen and oxygen atoms in total. The average molecular weight is 281 g/mol. The topological polar surface area (TPSA) is 23.5 Å². The Bertz CT molecular complexity index is 484. The molecule has 106 valence electrons. The average Bonchev–Trinajstić information content (AvgIpc) is 2.32. The van der Waals surface area contributed by atoms with Crippen molar-refractivity contribution in [3.8, 4) is 0 Å². The second kappa shape index (κ2) is 4.63. The van der Waals surface area contributed by atoms with Crippen LogP contribution in [0, 0.1) is 29.1 Å². The zero-order valence-corrected chi connectivity index (χ0v) is 10.1. The Morgan fingerprint density at radius 2 is 1.37 bits per heavy atom. The molecular formula is C12H12F5NO. The number of rotatable bonds is 3. The van der Waals surface area contributed by atoms with Crippen LogP contribution in [-0.4, -0.2) is 23.8 Å². The standard InChI is InChI=1S/C12H12F5NO/c1-2-3-12(19)4-18(5-12)11-9(16)7(14)6(13)8(15)10(11)17/h19H,2-5H2,1H3. The van der Waals surface area contributed by atoms with Gasteiger partial charge in [0.2, 0.25) is 5.82 Å². The van der Waals surface area contributed by atoms with Crippen molar-refractivity contribution in [2.75, 3.05) is 18.0 Å². The molecule has 1 fully saturated rings. The zero-order valence-electron chi connectivity index (χ0n) is 10.1. The Hall–Kier alpha value is -1.37. The molecule has 2 rings (SSSR count). The summed E-state index contributed by atoms with van der Waals surface area (Å²) in [6.07, 6.45) is 1.06. The van der Waals surface area contributed by atoms with Crippen LogP contribution in [0.3, 0.4) is 0 Å². The van der Waals surface area contributed by atoms with Gasteiger partial charge in [0.25, 0.3) is 0 Å². The lowest BCUT2D eigenvalue weighted by Crippen LogP contribution is -2.62. The van der Waals surface area contributed by atoms with Gasteiger partial charge < -0.3 is 10.0 Å². The Labute approximate surface area is 106 Å². The van der Waals surface area contributed by atoms with Crippen LogP contribution in [0.25, 0.3) is 0 Å². The molecule has 0 spiro atoms. The van der Waals surface area contributed by atoms with Crippen molar-refractivity contribution in [3.63, 3.8) is 0 Å². The second-order valence-electron chi connectivity index (χ2n) is 4.75. The molecule has 0 unspecified atom stereocenters. The summed E-state index contributed by atoms with van der Waals surface area (Å²) in [6.45, 7) is 1.51. The quantitative estimate of drug-likeness (QED) is 0.523. The van der Waals surface area contributed by atoms with Gasteiger partial charge in [-0.05, 0) is 6.42 Å². The third-order valence-corrected chi connectivity index (χ3v) is 3.19. The van der Waals surface area contributed by atoms with Crippen molar-refractivity contribution in [2.45, 2.75) is 25.4 Å². The minimum absolute atomic E-state index is 0.154. The molecule has 1 N–H and O–H groups in total. The van der Waals surface area contributed by atoms with E-state index in [2.05, 4.69) is 0 Å². The highest BCUT2D eigenvalue weighted by molar-refractivity contribution is 5.54. The first-order valence-electron chi connectivity index (χ1n) is 5.79. The van der Waals surface area contributed by atoms with Crippen LogP contribution in [0.5, 0.6) is 0 Å². The van der Waals surface area contributed by atoms with Crippen molar-refractivity contribution < 1.29 is 27.1 Å². The Morgan fingerprint density at radius 1 is 0.947 bits per heavy atom. The van der Waals surface area contributed by atoms with Gasteiger partial charge in [-0.25, -0.2) is 22.0 Å². The van der Waals surface area contributed by atoms with E-state index in [4.69, 9.17) is 0 Å². The highest BCUT2D eigenvalue weighted by Gasteiger charge is 2.43. The molecule has 0 bridgehead atoms. The molecule has 1 heterocycles. The van der Waals surface area contributed by atoms with Gasteiger partial charge in [-0.15, -0.1) is 0 Å². The van der Waals surface area contributed by atoms with Crippen LogP contribution >= 0.6 is 0 Å². The molecule has 1 aromatic carbocycles. The first-order chi connectivity index (χ1) is 8.80. The van der Waals surface area contributed by atoms with Crippen LogP contribution in [0.4, 0.5) is 27.6 Å². The maximum atomic E-state index is 13.5. The molecule has 0 atom stereocenters. The first kappa shape index (κ1) is 14.0. The largest absolute Gasteiger partial charge is 0.386 e. The molecule has 19 heavy (non-hydrogen) atoms. The van der Waals surface area contributed by atoms with E-state index in [0.29, 0.717) is 12.8 Å². The van der Waals surface area contributed by atoms with Crippen molar-refractivity contribution in [2.24, 2.45) is 0 Å². The number of nitrogens with zero attached hydrogens (tertiary/aromatic N) is 1. The molecule has 0 saturated carbocycles. The smallest absolute Gasteiger partial charge is 0.200 e. The van der Waals surface area contributed by atoms with Gasteiger partial charge in [0.1, 0.15) is 5.69 Å². The van der Waals surface area contributed by atoms with Gasteiger partial charge >= 0.3 is 0 Å². The molecule has 1 aromatic rings. The predicted molar refractivity (Wildman–Crippen MR) is 58.3 cm³/mol. The summed E-state index contributed by atoms with van der Waals surface area (Å²) in [5.74, 6) is -9.85. The number of benzene rings is 1. The summed E-state index contributed by atoms with van der Waals surface area (Å²) in [5, 5.41) is 9.87. The van der Waals surface area contributed by atoms with Crippen LogP contribution in [0.15, 0.2) is 0 Å². The third-order valence-electron chi connectivity index (χ3n) is 3.19. The normalized spacial score (nSPS) is 17.5. The molecular weight excluding hydrogens is 269 g/mol. The maximum Gasteiger partial charge on any atom is 0.200 e. The number of hydrogen-bond donors (Lipinski definition) is 1. The van der Waals surface area contributed by atoms with Crippen molar-refractivity contribution in [3.05, 3.63) is 29.1 Å². The number of β-amino-alcohol motifs (C(OH)–C–C–N with tert-alkyl or cyclic N) is 1. The third kappa shape index (κ3) is 2.16. The van der Waals surface area contributed by atoms with E-state index >= 15 is 0 Å². The van der Waals surface area contributed by atoms with Gasteiger partial charge in [-0.2, -0.15) is 0 Å². The summed E-state index contributed by atoms with van der Waals surface area (Å²) in [5.41, 5.74) is -2.10. The lowest BCUT2D eigenvalue weighted by Gasteiger charge is -2.48. The van der Waals surface area contributed by atoms with E-state index in [-0.39, 0.29) is 13.1 Å². The van der Waals surface area contributed by atoms with E-state index in [1.807, 2.05) is 6.92 Å². The second-order valence-corrected chi connectivity index (χ2v) is 4.75. The van der Waals surface area contributed by atoms with Crippen LogP contribution in [0.1, 0.15) is 19.8 Å². The molecule has 1 aliphatic rings. The Morgan fingerprint density at radius 3 is 1.79 bits per heavy atom. The highest BCUT2D eigenvalue weighted by Crippen LogP contribution is 2.36. The fourth-order valence-electron chi connectivity index (χ4n) is 2.32. The fraction of sp³-hybridized carbons (Fsp3) is 0.500. The number of anilines is 1. The van der Waals surface area contributed by atoms with E-state index in [9.17, 15) is 27.1 Å². The molecule has 0 aliphatic carbocycles. The summed E-state index contributed by atoms with van der Waals surface area (Å²) in [7, 11) is 0. The Kier molecular flexibility index (Phi) is 3.42. The molecule has 1 aliphatic heterocycles. The minimum Gasteiger partial charge on any atom is -0.386 e. The Balaban J connectivity index is 2.33. The van der Waals surface area contributed by atoms with Gasteiger partial charge in [-0.1, -0.05) is 13.3 Å². The fourth-order valence-corrected chi connectivity index (χ4v) is 2.32. The summed E-state index contributed by atoms with van der Waals surface area (Å²) in [4.78, 5) is 0.950. The van der Waals surface area contributed by atoms with Crippen molar-refractivity contribution >= 4 is 5.69 Å². The molecule has 0 aromatic heterocycles. The van der Waals surface area contributed by atoms with E-state index < -0.39 is 40.4 Å². The lowest BCUT2D eigenvalue weighted by molar-refractivity contribution is 0.00251. The van der Waals surface area contributed by atoms with Gasteiger partial charge in [0, 0.05) is 13.1 Å². The first-order valence-corrected chi connectivity index (χ1v) is 5.79. The van der Waals surface area contributed by atoms with Gasteiger partial charge in [0.15, 0.2) is 23.3 Å². The van der Waals surface area contributed by atoms with Gasteiger partial charge in [0.05, 0.1) is 5.60 Å². The molecule has 7 heteroatoms. The minimum atomic E-state index is -2.18. The van der Waals surface area contributed by atoms with Crippen LogP contribution in [0.2, 0.25) is 0 Å². The summed E-state index contributed by atoms with van der Waals surface area (Å²) >= 11 is 0. The predicted octanol–water partition coefficient (Wildman–Crippen LogP) is 2.73. The van der Waals surface area contributed by atoms with Crippen LogP contribution < -0.4 is 4.90 Å². The summed E-state index contributed by atoms with van der Waals surface area (Å²) < 4.78 is 65.8. The highest BCUT2D eigenvalue weighted by atomic mass is 19.2. The molecule has 0 amide bonds. The number of hydrogen-bond acceptors (Lipinski definition) is 2. The monoisotopic (exact) mass is 281 g/mol. The lowest BCUT2D eigenvalue weighted by atomic mass is 9.88. The molecule has 1 saturated heterocycles.